The van der Waals surface area contributed by atoms with Crippen LogP contribution in [0.1, 0.15) is 18.1 Å². The predicted molar refractivity (Wildman–Crippen MR) is 64.2 cm³/mol. The first-order chi connectivity index (χ1) is 7.61. The molecule has 0 saturated heterocycles. The van der Waals surface area contributed by atoms with E-state index in [1.54, 1.807) is 12.1 Å². The average Bonchev–Trinajstić information content (AvgIpc) is 2.59. The van der Waals surface area contributed by atoms with Crippen LogP contribution in [0.2, 0.25) is 0 Å². The van der Waals surface area contributed by atoms with Gasteiger partial charge in [0.15, 0.2) is 0 Å². The molecule has 2 aromatic rings. The van der Waals surface area contributed by atoms with Gasteiger partial charge in [0.05, 0.1) is 6.42 Å². The lowest BCUT2D eigenvalue weighted by atomic mass is 10.0. The number of aryl methyl sites for hydroxylation is 1. The zero-order valence-electron chi connectivity index (χ0n) is 8.86. The first-order valence-electron chi connectivity index (χ1n) is 5.05. The largest absolute Gasteiger partial charge is 0.508 e. The van der Waals surface area contributed by atoms with Crippen molar-refractivity contribution in [2.45, 2.75) is 19.8 Å². The van der Waals surface area contributed by atoms with Crippen LogP contribution in [0.25, 0.3) is 10.1 Å². The van der Waals surface area contributed by atoms with Gasteiger partial charge in [-0.05, 0) is 40.4 Å². The van der Waals surface area contributed by atoms with Gasteiger partial charge >= 0.3 is 5.97 Å². The van der Waals surface area contributed by atoms with Gasteiger partial charge in [-0.2, -0.15) is 0 Å². The first-order valence-corrected chi connectivity index (χ1v) is 5.93. The van der Waals surface area contributed by atoms with E-state index in [0.717, 1.165) is 27.6 Å². The minimum atomic E-state index is -0.824. The number of hydrogen-bond acceptors (Lipinski definition) is 3. The highest BCUT2D eigenvalue weighted by atomic mass is 32.1. The number of fused-ring (bicyclic) bond motifs is 1. The molecule has 0 bridgehead atoms. The summed E-state index contributed by atoms with van der Waals surface area (Å²) in [6.45, 7) is 2.00. The average molecular weight is 236 g/mol. The molecule has 2 rings (SSSR count). The maximum Gasteiger partial charge on any atom is 0.307 e. The molecule has 0 amide bonds. The van der Waals surface area contributed by atoms with Gasteiger partial charge < -0.3 is 10.2 Å². The lowest BCUT2D eigenvalue weighted by Crippen LogP contribution is -1.99. The normalized spacial score (nSPS) is 10.8. The Morgan fingerprint density at radius 1 is 1.38 bits per heavy atom. The molecule has 84 valence electrons. The summed E-state index contributed by atoms with van der Waals surface area (Å²) in [6.07, 6.45) is 0.825. The fourth-order valence-electron chi connectivity index (χ4n) is 1.88. The molecule has 3 nitrogen and oxygen atoms in total. The summed E-state index contributed by atoms with van der Waals surface area (Å²) in [5, 5.41) is 21.2. The van der Waals surface area contributed by atoms with Gasteiger partial charge in [-0.3, -0.25) is 4.79 Å². The van der Waals surface area contributed by atoms with E-state index in [2.05, 4.69) is 0 Å². The third kappa shape index (κ3) is 1.88. The summed E-state index contributed by atoms with van der Waals surface area (Å²) < 4.78 is 0.952. The lowest BCUT2D eigenvalue weighted by Gasteiger charge is -2.03. The number of aromatic hydroxyl groups is 1. The molecule has 16 heavy (non-hydrogen) atoms. The van der Waals surface area contributed by atoms with Crippen molar-refractivity contribution in [2.75, 3.05) is 0 Å². The molecule has 1 heterocycles. The van der Waals surface area contributed by atoms with Crippen molar-refractivity contribution < 1.29 is 15.0 Å². The second kappa shape index (κ2) is 4.14. The number of thiophene rings is 1. The fraction of sp³-hybridized carbons (Fsp3) is 0.250. The van der Waals surface area contributed by atoms with Gasteiger partial charge in [0.25, 0.3) is 0 Å². The maximum absolute atomic E-state index is 10.7. The van der Waals surface area contributed by atoms with E-state index < -0.39 is 5.97 Å². The highest BCUT2D eigenvalue weighted by Crippen LogP contribution is 2.33. The lowest BCUT2D eigenvalue weighted by molar-refractivity contribution is -0.136. The molecule has 2 N–H and O–H groups in total. The third-order valence-electron chi connectivity index (χ3n) is 2.54. The number of phenolic OH excluding ortho intramolecular Hbond substituents is 1. The number of phenols is 1. The summed E-state index contributed by atoms with van der Waals surface area (Å²) in [4.78, 5) is 10.7. The number of aliphatic carboxylic acids is 1. The number of hydrogen-bond donors (Lipinski definition) is 2. The van der Waals surface area contributed by atoms with Crippen LogP contribution in [0.15, 0.2) is 17.5 Å². The molecule has 1 aromatic carbocycles. The Balaban J connectivity index is 2.64. The SMILES string of the molecule is CCc1cc(O)cc2scc(CC(=O)O)c12. The van der Waals surface area contributed by atoms with Crippen molar-refractivity contribution in [3.63, 3.8) is 0 Å². The van der Waals surface area contributed by atoms with E-state index in [1.165, 1.54) is 11.3 Å². The van der Waals surface area contributed by atoms with Gasteiger partial charge in [0.2, 0.25) is 0 Å². The van der Waals surface area contributed by atoms with Crippen LogP contribution in [0.4, 0.5) is 0 Å². The van der Waals surface area contributed by atoms with E-state index in [0.29, 0.717) is 0 Å². The quantitative estimate of drug-likeness (QED) is 0.861. The Morgan fingerprint density at radius 3 is 2.75 bits per heavy atom. The van der Waals surface area contributed by atoms with E-state index in [1.807, 2.05) is 12.3 Å². The van der Waals surface area contributed by atoms with Crippen molar-refractivity contribution in [3.05, 3.63) is 28.6 Å². The molecule has 0 aliphatic rings. The highest BCUT2D eigenvalue weighted by Gasteiger charge is 2.12. The molecule has 0 fully saturated rings. The molecule has 0 unspecified atom stereocenters. The zero-order valence-corrected chi connectivity index (χ0v) is 9.67. The van der Waals surface area contributed by atoms with Crippen LogP contribution in [0, 0.1) is 0 Å². The number of carboxylic acid groups (broad SMARTS) is 1. The molecular formula is C12H12O3S. The smallest absolute Gasteiger partial charge is 0.307 e. The summed E-state index contributed by atoms with van der Waals surface area (Å²) in [5.74, 6) is -0.581. The molecular weight excluding hydrogens is 224 g/mol. The molecule has 0 saturated carbocycles. The Morgan fingerprint density at radius 2 is 2.12 bits per heavy atom. The van der Waals surface area contributed by atoms with Crippen molar-refractivity contribution in [3.8, 4) is 5.75 Å². The second-order valence-corrected chi connectivity index (χ2v) is 4.57. The summed E-state index contributed by atoms with van der Waals surface area (Å²) in [7, 11) is 0. The fourth-order valence-corrected chi connectivity index (χ4v) is 2.92. The van der Waals surface area contributed by atoms with Crippen LogP contribution < -0.4 is 0 Å². The third-order valence-corrected chi connectivity index (χ3v) is 3.52. The molecule has 1 aromatic heterocycles. The molecule has 0 atom stereocenters. The van der Waals surface area contributed by atoms with Crippen molar-refractivity contribution in [2.24, 2.45) is 0 Å². The topological polar surface area (TPSA) is 57.5 Å². The summed E-state index contributed by atoms with van der Waals surface area (Å²) >= 11 is 1.48. The highest BCUT2D eigenvalue weighted by molar-refractivity contribution is 7.17. The van der Waals surface area contributed by atoms with Gasteiger partial charge in [0, 0.05) is 4.70 Å². The second-order valence-electron chi connectivity index (χ2n) is 3.66. The van der Waals surface area contributed by atoms with E-state index in [4.69, 9.17) is 5.11 Å². The van der Waals surface area contributed by atoms with Gasteiger partial charge in [-0.15, -0.1) is 11.3 Å². The van der Waals surface area contributed by atoms with Gasteiger partial charge in [-0.1, -0.05) is 6.92 Å². The summed E-state index contributed by atoms with van der Waals surface area (Å²) in [5.41, 5.74) is 1.84. The number of rotatable bonds is 3. The first kappa shape index (κ1) is 11.0. The van der Waals surface area contributed by atoms with Crippen LogP contribution in [0.5, 0.6) is 5.75 Å². The Bertz CT molecular complexity index is 542. The maximum atomic E-state index is 10.7. The van der Waals surface area contributed by atoms with Gasteiger partial charge in [-0.25, -0.2) is 0 Å². The standard InChI is InChI=1S/C12H12O3S/c1-2-7-3-9(13)5-10-12(7)8(6-16-10)4-11(14)15/h3,5-6,13H,2,4H2,1H3,(H,14,15). The number of carbonyl (C=O) groups is 1. The summed E-state index contributed by atoms with van der Waals surface area (Å²) in [6, 6.07) is 3.39. The predicted octanol–water partition coefficient (Wildman–Crippen LogP) is 2.80. The Kier molecular flexibility index (Phi) is 2.83. The molecule has 0 spiro atoms. The molecule has 0 aliphatic heterocycles. The van der Waals surface area contributed by atoms with Crippen molar-refractivity contribution in [1.29, 1.82) is 0 Å². The molecule has 0 radical (unpaired) electrons. The van der Waals surface area contributed by atoms with Gasteiger partial charge in [0.1, 0.15) is 5.75 Å². The van der Waals surface area contributed by atoms with Crippen LogP contribution in [-0.4, -0.2) is 16.2 Å². The number of benzene rings is 1. The van der Waals surface area contributed by atoms with E-state index in [-0.39, 0.29) is 12.2 Å². The van der Waals surface area contributed by atoms with E-state index >= 15 is 0 Å². The number of carboxylic acids is 1. The van der Waals surface area contributed by atoms with Crippen LogP contribution in [0.3, 0.4) is 0 Å². The molecule has 4 heteroatoms. The van der Waals surface area contributed by atoms with Crippen molar-refractivity contribution >= 4 is 27.4 Å². The monoisotopic (exact) mass is 236 g/mol. The zero-order chi connectivity index (χ0) is 11.7. The van der Waals surface area contributed by atoms with Crippen LogP contribution in [-0.2, 0) is 17.6 Å². The van der Waals surface area contributed by atoms with E-state index in [9.17, 15) is 9.90 Å². The Labute approximate surface area is 97.0 Å². The minimum absolute atomic E-state index is 0.0395. The Hall–Kier alpha value is -1.55. The van der Waals surface area contributed by atoms with Crippen LogP contribution >= 0.6 is 11.3 Å². The minimum Gasteiger partial charge on any atom is -0.508 e. The molecule has 0 aliphatic carbocycles. The van der Waals surface area contributed by atoms with Crippen molar-refractivity contribution in [1.82, 2.24) is 0 Å².